The Morgan fingerprint density at radius 3 is 2.39 bits per heavy atom. The molecule has 5 aliphatic rings. The van der Waals surface area contributed by atoms with Crippen LogP contribution in [0.25, 0.3) is 0 Å². The maximum absolute atomic E-state index is 11.6. The normalized spacial score (nSPS) is 57.5. The number of aliphatic hydroxyl groups is 2. The molecule has 0 bridgehead atoms. The molecule has 1 unspecified atom stereocenters. The monoisotopic (exact) mass is 388 g/mol. The van der Waals surface area contributed by atoms with Gasteiger partial charge in [0.2, 0.25) is 0 Å². The third-order valence-electron chi connectivity index (χ3n) is 11.0. The van der Waals surface area contributed by atoms with Gasteiger partial charge in [-0.2, -0.15) is 0 Å². The number of rotatable bonds is 0. The van der Waals surface area contributed by atoms with Crippen LogP contribution in [0.4, 0.5) is 0 Å². The molecule has 158 valence electrons. The Kier molecular flexibility index (Phi) is 4.09. The third kappa shape index (κ3) is 2.22. The molecule has 3 heteroatoms. The highest BCUT2D eigenvalue weighted by atomic mass is 16.6. The molecule has 5 rings (SSSR count). The number of fused-ring (bicyclic) bond motifs is 7. The molecule has 4 fully saturated rings. The lowest BCUT2D eigenvalue weighted by Crippen LogP contribution is -2.66. The van der Waals surface area contributed by atoms with E-state index in [0.29, 0.717) is 29.3 Å². The maximum atomic E-state index is 11.6. The van der Waals surface area contributed by atoms with E-state index in [1.54, 1.807) is 0 Å². The molecule has 1 saturated heterocycles. The summed E-state index contributed by atoms with van der Waals surface area (Å²) in [6.07, 6.45) is 9.73. The fourth-order valence-electron chi connectivity index (χ4n) is 9.72. The van der Waals surface area contributed by atoms with E-state index in [1.165, 1.54) is 37.7 Å². The zero-order chi connectivity index (χ0) is 20.1. The topological polar surface area (TPSA) is 49.7 Å². The third-order valence-corrected chi connectivity index (χ3v) is 11.0. The molecular formula is C25H40O3. The molecule has 0 aromatic heterocycles. The van der Waals surface area contributed by atoms with Crippen LogP contribution in [0.15, 0.2) is 11.6 Å². The lowest BCUT2D eigenvalue weighted by molar-refractivity contribution is -0.247. The average Bonchev–Trinajstić information content (AvgIpc) is 2.99. The second kappa shape index (κ2) is 5.86. The molecule has 0 spiro atoms. The molecule has 0 aromatic carbocycles. The first-order valence-corrected chi connectivity index (χ1v) is 11.7. The largest absolute Gasteiger partial charge is 0.393 e. The second-order valence-corrected chi connectivity index (χ2v) is 12.4. The Morgan fingerprint density at radius 1 is 0.929 bits per heavy atom. The Hall–Kier alpha value is -0.380. The van der Waals surface area contributed by atoms with Crippen molar-refractivity contribution in [2.75, 3.05) is 6.61 Å². The van der Waals surface area contributed by atoms with Crippen LogP contribution in [0.3, 0.4) is 0 Å². The Morgan fingerprint density at radius 2 is 1.64 bits per heavy atom. The first-order valence-electron chi connectivity index (χ1n) is 11.7. The average molecular weight is 389 g/mol. The summed E-state index contributed by atoms with van der Waals surface area (Å²) in [5.74, 6) is 1.72. The lowest BCUT2D eigenvalue weighted by atomic mass is 9.35. The molecule has 1 aliphatic heterocycles. The van der Waals surface area contributed by atoms with Gasteiger partial charge in [0.1, 0.15) is 0 Å². The SMILES string of the molecule is CC1(C)CCC[C@]2(C)[C@H]3C[C@@H](O)[C@]4(C)C5C(=CC[C@H]4[C@]3(C)CC[C@@H]12)CO[C@H]5O. The zero-order valence-corrected chi connectivity index (χ0v) is 18.5. The van der Waals surface area contributed by atoms with Crippen LogP contribution in [0.5, 0.6) is 0 Å². The Labute approximate surface area is 170 Å². The molecular weight excluding hydrogens is 348 g/mol. The number of hydrogen-bond donors (Lipinski definition) is 2. The van der Waals surface area contributed by atoms with Crippen LogP contribution in [-0.4, -0.2) is 29.2 Å². The summed E-state index contributed by atoms with van der Waals surface area (Å²) < 4.78 is 5.64. The van der Waals surface area contributed by atoms with Crippen molar-refractivity contribution in [2.24, 2.45) is 45.3 Å². The van der Waals surface area contributed by atoms with Gasteiger partial charge in [0.05, 0.1) is 12.7 Å². The summed E-state index contributed by atoms with van der Waals surface area (Å²) in [7, 11) is 0. The van der Waals surface area contributed by atoms with Gasteiger partial charge in [-0.25, -0.2) is 0 Å². The number of allylic oxidation sites excluding steroid dienone is 1. The van der Waals surface area contributed by atoms with Crippen LogP contribution in [0.1, 0.15) is 79.6 Å². The molecule has 4 aliphatic carbocycles. The molecule has 3 saturated carbocycles. The summed E-state index contributed by atoms with van der Waals surface area (Å²) in [5, 5.41) is 22.3. The van der Waals surface area contributed by atoms with E-state index < -0.39 is 6.29 Å². The fourth-order valence-corrected chi connectivity index (χ4v) is 9.72. The minimum Gasteiger partial charge on any atom is -0.393 e. The number of aliphatic hydroxyl groups excluding tert-OH is 2. The van der Waals surface area contributed by atoms with Gasteiger partial charge < -0.3 is 14.9 Å². The molecule has 9 atom stereocenters. The fraction of sp³-hybridized carbons (Fsp3) is 0.920. The van der Waals surface area contributed by atoms with Gasteiger partial charge in [0.25, 0.3) is 0 Å². The lowest BCUT2D eigenvalue weighted by Gasteiger charge is -2.70. The van der Waals surface area contributed by atoms with Crippen molar-refractivity contribution < 1.29 is 14.9 Å². The van der Waals surface area contributed by atoms with Crippen molar-refractivity contribution >= 4 is 0 Å². The summed E-state index contributed by atoms with van der Waals surface area (Å²) in [4.78, 5) is 0. The van der Waals surface area contributed by atoms with Crippen LogP contribution in [0, 0.1) is 45.3 Å². The summed E-state index contributed by atoms with van der Waals surface area (Å²) in [6, 6.07) is 0. The summed E-state index contributed by atoms with van der Waals surface area (Å²) in [5.41, 5.74) is 1.92. The minimum atomic E-state index is -0.755. The second-order valence-electron chi connectivity index (χ2n) is 12.4. The van der Waals surface area contributed by atoms with Crippen LogP contribution in [-0.2, 0) is 4.74 Å². The first-order chi connectivity index (χ1) is 13.0. The van der Waals surface area contributed by atoms with Crippen molar-refractivity contribution in [1.82, 2.24) is 0 Å². The van der Waals surface area contributed by atoms with E-state index in [2.05, 4.69) is 40.7 Å². The van der Waals surface area contributed by atoms with E-state index in [1.807, 2.05) is 0 Å². The van der Waals surface area contributed by atoms with Crippen molar-refractivity contribution in [3.8, 4) is 0 Å². The minimum absolute atomic E-state index is 0.0349. The predicted octanol–water partition coefficient (Wildman–Crippen LogP) is 4.92. The molecule has 28 heavy (non-hydrogen) atoms. The van der Waals surface area contributed by atoms with Gasteiger partial charge in [-0.1, -0.05) is 47.1 Å². The highest BCUT2D eigenvalue weighted by Crippen LogP contribution is 2.73. The Bertz CT molecular complexity index is 698. The molecule has 0 amide bonds. The molecule has 3 nitrogen and oxygen atoms in total. The smallest absolute Gasteiger partial charge is 0.162 e. The standard InChI is InChI=1S/C25H40O3/c1-22(2)10-6-11-23(3)16(22)9-12-24(4)17-8-7-15-14-28-21(27)20(15)25(17,5)19(26)13-18(23)24/h7,16-21,26-27H,6,8-14H2,1-5H3/t16-,17-,18+,19+,20?,21+,23-,24-,25+/m0/s1. The molecule has 0 radical (unpaired) electrons. The van der Waals surface area contributed by atoms with E-state index in [4.69, 9.17) is 4.74 Å². The van der Waals surface area contributed by atoms with Gasteiger partial charge in [0, 0.05) is 11.3 Å². The Balaban J connectivity index is 1.59. The summed E-state index contributed by atoms with van der Waals surface area (Å²) >= 11 is 0. The van der Waals surface area contributed by atoms with Crippen molar-refractivity contribution in [3.05, 3.63) is 11.6 Å². The van der Waals surface area contributed by atoms with Crippen LogP contribution >= 0.6 is 0 Å². The predicted molar refractivity (Wildman–Crippen MR) is 110 cm³/mol. The highest BCUT2D eigenvalue weighted by molar-refractivity contribution is 5.27. The molecule has 0 aromatic rings. The van der Waals surface area contributed by atoms with Crippen molar-refractivity contribution in [3.63, 3.8) is 0 Å². The van der Waals surface area contributed by atoms with Crippen LogP contribution in [0.2, 0.25) is 0 Å². The number of ether oxygens (including phenoxy) is 1. The van der Waals surface area contributed by atoms with E-state index in [0.717, 1.165) is 18.8 Å². The molecule has 2 N–H and O–H groups in total. The van der Waals surface area contributed by atoms with E-state index in [9.17, 15) is 10.2 Å². The van der Waals surface area contributed by atoms with E-state index in [-0.39, 0.29) is 22.9 Å². The van der Waals surface area contributed by atoms with Gasteiger partial charge in [-0.05, 0) is 78.1 Å². The molecule has 1 heterocycles. The van der Waals surface area contributed by atoms with Gasteiger partial charge in [-0.3, -0.25) is 0 Å². The van der Waals surface area contributed by atoms with Gasteiger partial charge >= 0.3 is 0 Å². The van der Waals surface area contributed by atoms with Gasteiger partial charge in [-0.15, -0.1) is 0 Å². The van der Waals surface area contributed by atoms with Crippen molar-refractivity contribution in [1.29, 1.82) is 0 Å². The van der Waals surface area contributed by atoms with Crippen LogP contribution < -0.4 is 0 Å². The first kappa shape index (κ1) is 19.6. The van der Waals surface area contributed by atoms with Gasteiger partial charge in [0.15, 0.2) is 6.29 Å². The number of hydrogen-bond acceptors (Lipinski definition) is 3. The van der Waals surface area contributed by atoms with Crippen molar-refractivity contribution in [2.45, 2.75) is 92.0 Å². The quantitative estimate of drug-likeness (QED) is 0.579. The highest BCUT2D eigenvalue weighted by Gasteiger charge is 2.69. The zero-order valence-electron chi connectivity index (χ0n) is 18.5. The maximum Gasteiger partial charge on any atom is 0.162 e. The summed E-state index contributed by atoms with van der Waals surface area (Å²) in [6.45, 7) is 12.9. The van der Waals surface area contributed by atoms with E-state index >= 15 is 0 Å².